The van der Waals surface area contributed by atoms with E-state index in [1.165, 1.54) is 36.8 Å². The minimum atomic E-state index is 0.794. The van der Waals surface area contributed by atoms with Crippen LogP contribution in [0.3, 0.4) is 0 Å². The fourth-order valence-electron chi connectivity index (χ4n) is 3.63. The number of hydrogen-bond acceptors (Lipinski definition) is 2. The average Bonchev–Trinajstić information content (AvgIpc) is 2.87. The lowest BCUT2D eigenvalue weighted by Gasteiger charge is -2.27. The molecule has 0 radical (unpaired) electrons. The van der Waals surface area contributed by atoms with Crippen LogP contribution in [0.25, 0.3) is 0 Å². The van der Waals surface area contributed by atoms with Crippen molar-refractivity contribution in [2.75, 3.05) is 13.2 Å². The highest BCUT2D eigenvalue weighted by molar-refractivity contribution is 6.30. The van der Waals surface area contributed by atoms with Crippen LogP contribution in [0, 0.1) is 11.8 Å². The number of halogens is 1. The Morgan fingerprint density at radius 2 is 2.25 bits per heavy atom. The number of nitrogens with one attached hydrogen (secondary N) is 1. The molecule has 0 aromatic heterocycles. The Hall–Kier alpha value is -0.730. The summed E-state index contributed by atoms with van der Waals surface area (Å²) in [6.07, 6.45) is 6.54. The van der Waals surface area contributed by atoms with E-state index in [1.807, 2.05) is 12.1 Å². The Kier molecular flexibility index (Phi) is 4.52. The molecule has 1 aliphatic carbocycles. The summed E-state index contributed by atoms with van der Waals surface area (Å²) in [5.74, 6) is 2.81. The highest BCUT2D eigenvalue weighted by Gasteiger charge is 2.20. The van der Waals surface area contributed by atoms with Gasteiger partial charge in [-0.25, -0.2) is 0 Å². The summed E-state index contributed by atoms with van der Waals surface area (Å²) in [6, 6.07) is 4.08. The summed E-state index contributed by atoms with van der Waals surface area (Å²) in [7, 11) is 0. The van der Waals surface area contributed by atoms with E-state index in [2.05, 4.69) is 12.2 Å². The Balaban J connectivity index is 1.56. The second kappa shape index (κ2) is 6.36. The monoisotopic (exact) mass is 293 g/mol. The topological polar surface area (TPSA) is 21.3 Å². The molecule has 2 atom stereocenters. The second-order valence-corrected chi connectivity index (χ2v) is 6.86. The van der Waals surface area contributed by atoms with Crippen molar-refractivity contribution in [3.05, 3.63) is 28.3 Å². The quantitative estimate of drug-likeness (QED) is 0.899. The molecule has 2 aliphatic rings. The SMILES string of the molecule is CC1CCCC(CNCc2cc(Cl)cc3c2OCC3)C1. The van der Waals surface area contributed by atoms with E-state index >= 15 is 0 Å². The van der Waals surface area contributed by atoms with E-state index in [0.717, 1.165) is 48.7 Å². The third-order valence-corrected chi connectivity index (χ3v) is 4.84. The van der Waals surface area contributed by atoms with Gasteiger partial charge in [0.15, 0.2) is 0 Å². The third kappa shape index (κ3) is 3.29. The highest BCUT2D eigenvalue weighted by Crippen LogP contribution is 2.33. The molecule has 3 heteroatoms. The zero-order valence-electron chi connectivity index (χ0n) is 12.3. The first kappa shape index (κ1) is 14.2. The van der Waals surface area contributed by atoms with E-state index < -0.39 is 0 Å². The molecular formula is C17H24ClNO. The molecule has 2 nitrogen and oxygen atoms in total. The van der Waals surface area contributed by atoms with Crippen LogP contribution in [0.15, 0.2) is 12.1 Å². The highest BCUT2D eigenvalue weighted by atomic mass is 35.5. The predicted octanol–water partition coefficient (Wildman–Crippen LogP) is 4.19. The molecule has 20 heavy (non-hydrogen) atoms. The summed E-state index contributed by atoms with van der Waals surface area (Å²) >= 11 is 6.19. The van der Waals surface area contributed by atoms with Gasteiger partial charge in [-0.3, -0.25) is 0 Å². The van der Waals surface area contributed by atoms with Gasteiger partial charge in [-0.2, -0.15) is 0 Å². The molecule has 1 saturated carbocycles. The molecule has 1 aromatic rings. The minimum Gasteiger partial charge on any atom is -0.493 e. The van der Waals surface area contributed by atoms with E-state index in [0.29, 0.717) is 0 Å². The van der Waals surface area contributed by atoms with Crippen molar-refractivity contribution in [2.45, 2.75) is 45.6 Å². The molecule has 0 saturated heterocycles. The molecule has 1 fully saturated rings. The van der Waals surface area contributed by atoms with Crippen LogP contribution in [0.2, 0.25) is 5.02 Å². The van der Waals surface area contributed by atoms with Crippen molar-refractivity contribution in [1.82, 2.24) is 5.32 Å². The van der Waals surface area contributed by atoms with E-state index in [1.54, 1.807) is 0 Å². The van der Waals surface area contributed by atoms with Crippen molar-refractivity contribution < 1.29 is 4.74 Å². The Labute approximate surface area is 126 Å². The smallest absolute Gasteiger partial charge is 0.127 e. The molecule has 3 rings (SSSR count). The van der Waals surface area contributed by atoms with E-state index in [-0.39, 0.29) is 0 Å². The summed E-state index contributed by atoms with van der Waals surface area (Å²) in [5.41, 5.74) is 2.48. The Morgan fingerprint density at radius 1 is 1.35 bits per heavy atom. The van der Waals surface area contributed by atoms with E-state index in [4.69, 9.17) is 16.3 Å². The lowest BCUT2D eigenvalue weighted by molar-refractivity contribution is 0.273. The van der Waals surface area contributed by atoms with Crippen LogP contribution in [0.4, 0.5) is 0 Å². The van der Waals surface area contributed by atoms with Crippen molar-refractivity contribution in [1.29, 1.82) is 0 Å². The van der Waals surface area contributed by atoms with Gasteiger partial charge in [0.1, 0.15) is 5.75 Å². The van der Waals surface area contributed by atoms with Crippen LogP contribution < -0.4 is 10.1 Å². The van der Waals surface area contributed by atoms with Crippen LogP contribution in [-0.2, 0) is 13.0 Å². The van der Waals surface area contributed by atoms with Gasteiger partial charge >= 0.3 is 0 Å². The Bertz CT molecular complexity index is 474. The molecule has 0 spiro atoms. The molecule has 110 valence electrons. The summed E-state index contributed by atoms with van der Waals surface area (Å²) in [6.45, 7) is 5.16. The summed E-state index contributed by atoms with van der Waals surface area (Å²) < 4.78 is 5.75. The Morgan fingerprint density at radius 3 is 3.10 bits per heavy atom. The molecule has 2 unspecified atom stereocenters. The van der Waals surface area contributed by atoms with Gasteiger partial charge in [0.05, 0.1) is 6.61 Å². The van der Waals surface area contributed by atoms with Crippen molar-refractivity contribution in [3.63, 3.8) is 0 Å². The van der Waals surface area contributed by atoms with Gasteiger partial charge in [0.25, 0.3) is 0 Å². The second-order valence-electron chi connectivity index (χ2n) is 6.42. The minimum absolute atomic E-state index is 0.794. The standard InChI is InChI=1S/C17H24ClNO/c1-12-3-2-4-13(7-12)10-19-11-15-9-16(18)8-14-5-6-20-17(14)15/h8-9,12-13,19H,2-7,10-11H2,1H3. The van der Waals surface area contributed by atoms with Crippen LogP contribution >= 0.6 is 11.6 Å². The van der Waals surface area contributed by atoms with E-state index in [9.17, 15) is 0 Å². The van der Waals surface area contributed by atoms with Crippen LogP contribution in [-0.4, -0.2) is 13.2 Å². The van der Waals surface area contributed by atoms with Crippen molar-refractivity contribution in [2.24, 2.45) is 11.8 Å². The lowest BCUT2D eigenvalue weighted by atomic mass is 9.82. The fourth-order valence-corrected chi connectivity index (χ4v) is 3.90. The maximum absolute atomic E-state index is 6.19. The molecule has 0 amide bonds. The van der Waals surface area contributed by atoms with Crippen LogP contribution in [0.1, 0.15) is 43.7 Å². The predicted molar refractivity (Wildman–Crippen MR) is 83.5 cm³/mol. The van der Waals surface area contributed by atoms with Gasteiger partial charge in [-0.1, -0.05) is 31.4 Å². The number of ether oxygens (including phenoxy) is 1. The number of benzene rings is 1. The van der Waals surface area contributed by atoms with Gasteiger partial charge in [0, 0.05) is 23.6 Å². The van der Waals surface area contributed by atoms with Crippen LogP contribution in [0.5, 0.6) is 5.75 Å². The maximum atomic E-state index is 6.19. The van der Waals surface area contributed by atoms with Gasteiger partial charge < -0.3 is 10.1 Å². The molecule has 1 heterocycles. The number of hydrogen-bond donors (Lipinski definition) is 1. The number of fused-ring (bicyclic) bond motifs is 1. The van der Waals surface area contributed by atoms with Crippen molar-refractivity contribution >= 4 is 11.6 Å². The zero-order valence-corrected chi connectivity index (χ0v) is 13.0. The normalized spacial score (nSPS) is 25.3. The largest absolute Gasteiger partial charge is 0.493 e. The lowest BCUT2D eigenvalue weighted by Crippen LogP contribution is -2.26. The van der Waals surface area contributed by atoms with Crippen molar-refractivity contribution in [3.8, 4) is 5.75 Å². The maximum Gasteiger partial charge on any atom is 0.127 e. The molecule has 1 aromatic carbocycles. The van der Waals surface area contributed by atoms with Gasteiger partial charge in [0.2, 0.25) is 0 Å². The zero-order chi connectivity index (χ0) is 13.9. The van der Waals surface area contributed by atoms with Gasteiger partial charge in [-0.15, -0.1) is 0 Å². The average molecular weight is 294 g/mol. The molecule has 1 aliphatic heterocycles. The molecule has 0 bridgehead atoms. The van der Waals surface area contributed by atoms with Gasteiger partial charge in [-0.05, 0) is 48.9 Å². The summed E-state index contributed by atoms with van der Waals surface area (Å²) in [4.78, 5) is 0. The molecule has 1 N–H and O–H groups in total. The first-order valence-corrected chi connectivity index (χ1v) is 8.25. The fraction of sp³-hybridized carbons (Fsp3) is 0.647. The summed E-state index contributed by atoms with van der Waals surface area (Å²) in [5, 5.41) is 4.44. The first-order valence-electron chi connectivity index (χ1n) is 7.87. The molecular weight excluding hydrogens is 270 g/mol. The third-order valence-electron chi connectivity index (χ3n) is 4.62. The first-order chi connectivity index (χ1) is 9.72. The number of rotatable bonds is 4.